The summed E-state index contributed by atoms with van der Waals surface area (Å²) < 4.78 is 5.39. The monoisotopic (exact) mass is 405 g/mol. The lowest BCUT2D eigenvalue weighted by molar-refractivity contribution is -0.137. The highest BCUT2D eigenvalue weighted by Crippen LogP contribution is 2.56. The summed E-state index contributed by atoms with van der Waals surface area (Å²) in [6, 6.07) is 21.0. The van der Waals surface area contributed by atoms with Crippen molar-refractivity contribution in [2.45, 2.75) is 18.0 Å². The van der Waals surface area contributed by atoms with Crippen molar-refractivity contribution in [3.63, 3.8) is 0 Å². The molecule has 2 aromatic rings. The molecule has 0 bridgehead atoms. The minimum Gasteiger partial charge on any atom is -0.394 e. The molecule has 0 radical (unpaired) electrons. The van der Waals surface area contributed by atoms with E-state index in [2.05, 4.69) is 11.4 Å². The van der Waals surface area contributed by atoms with Crippen molar-refractivity contribution in [1.82, 2.24) is 10.2 Å². The van der Waals surface area contributed by atoms with Crippen LogP contribution in [0.5, 0.6) is 0 Å². The number of morpholine rings is 1. The second-order valence-electron chi connectivity index (χ2n) is 7.90. The maximum Gasteiger partial charge on any atom is 0.226 e. The van der Waals surface area contributed by atoms with Gasteiger partial charge in [-0.3, -0.25) is 10.1 Å². The number of carbonyl (C=O) groups excluding carboxylic acids is 1. The second kappa shape index (κ2) is 9.40. The largest absolute Gasteiger partial charge is 0.394 e. The van der Waals surface area contributed by atoms with Crippen molar-refractivity contribution in [3.8, 4) is 6.07 Å². The number of hydrogen-bond donors (Lipinski definition) is 2. The zero-order valence-corrected chi connectivity index (χ0v) is 16.9. The Balaban J connectivity index is 1.56. The van der Waals surface area contributed by atoms with Gasteiger partial charge in [-0.1, -0.05) is 60.7 Å². The van der Waals surface area contributed by atoms with E-state index in [9.17, 15) is 15.2 Å². The highest BCUT2D eigenvalue weighted by atomic mass is 16.5. The maximum absolute atomic E-state index is 13.3. The Bertz CT molecular complexity index is 878. The van der Waals surface area contributed by atoms with Crippen LogP contribution in [0, 0.1) is 23.2 Å². The third kappa shape index (κ3) is 4.24. The standard InChI is InChI=1S/C24H27N3O3/c25-15-19(26-20(16-28)17-7-3-1-4-8-17)22-21(18-9-5-2-6-10-18)23(22)24(29)27-11-13-30-14-12-27/h1-10,19-23,26,28H,11-14,16H2/t19-,20+,21+,22-,23-/m0/s1. The average molecular weight is 405 g/mol. The van der Waals surface area contributed by atoms with E-state index in [0.29, 0.717) is 26.3 Å². The van der Waals surface area contributed by atoms with Crippen LogP contribution in [0.3, 0.4) is 0 Å². The van der Waals surface area contributed by atoms with Gasteiger partial charge in [-0.05, 0) is 11.1 Å². The minimum absolute atomic E-state index is 0.00573. The number of rotatable bonds is 7. The molecule has 1 amide bonds. The summed E-state index contributed by atoms with van der Waals surface area (Å²) >= 11 is 0. The van der Waals surface area contributed by atoms with Crippen LogP contribution in [-0.4, -0.2) is 54.9 Å². The topological polar surface area (TPSA) is 85.6 Å². The van der Waals surface area contributed by atoms with E-state index in [4.69, 9.17) is 4.74 Å². The van der Waals surface area contributed by atoms with Crippen molar-refractivity contribution in [1.29, 1.82) is 5.26 Å². The fraction of sp³-hybridized carbons (Fsp3) is 0.417. The number of carbonyl (C=O) groups is 1. The first-order valence-corrected chi connectivity index (χ1v) is 10.5. The molecule has 2 fully saturated rings. The Morgan fingerprint density at radius 1 is 1.13 bits per heavy atom. The van der Waals surface area contributed by atoms with Crippen LogP contribution < -0.4 is 5.32 Å². The molecule has 2 aliphatic rings. The lowest BCUT2D eigenvalue weighted by atomic mass is 10.0. The Kier molecular flexibility index (Phi) is 6.44. The van der Waals surface area contributed by atoms with Crippen molar-refractivity contribution >= 4 is 5.91 Å². The molecular weight excluding hydrogens is 378 g/mol. The zero-order chi connectivity index (χ0) is 20.9. The van der Waals surface area contributed by atoms with Crippen LogP contribution >= 0.6 is 0 Å². The summed E-state index contributed by atoms with van der Waals surface area (Å²) in [6.45, 7) is 2.18. The molecule has 2 N–H and O–H groups in total. The molecule has 1 saturated heterocycles. The zero-order valence-electron chi connectivity index (χ0n) is 16.9. The number of aliphatic hydroxyl groups excluding tert-OH is 1. The van der Waals surface area contributed by atoms with Gasteiger partial charge >= 0.3 is 0 Å². The van der Waals surface area contributed by atoms with Gasteiger partial charge in [0.2, 0.25) is 5.91 Å². The van der Waals surface area contributed by atoms with Gasteiger partial charge in [0.05, 0.1) is 37.8 Å². The normalized spacial score (nSPS) is 25.2. The van der Waals surface area contributed by atoms with Gasteiger partial charge in [-0.15, -0.1) is 0 Å². The number of nitrogens with zero attached hydrogens (tertiary/aromatic N) is 2. The molecule has 0 aromatic heterocycles. The molecule has 6 heteroatoms. The van der Waals surface area contributed by atoms with Gasteiger partial charge in [-0.25, -0.2) is 0 Å². The van der Waals surface area contributed by atoms with E-state index in [1.165, 1.54) is 0 Å². The molecule has 156 valence electrons. The lowest BCUT2D eigenvalue weighted by Crippen LogP contribution is -2.43. The van der Waals surface area contributed by atoms with Crippen LogP contribution in [0.1, 0.15) is 23.1 Å². The molecule has 6 nitrogen and oxygen atoms in total. The Labute approximate surface area is 177 Å². The number of nitriles is 1. The number of aliphatic hydroxyl groups is 1. The Hall–Kier alpha value is -2.72. The second-order valence-corrected chi connectivity index (χ2v) is 7.90. The molecule has 2 aromatic carbocycles. The SMILES string of the molecule is N#C[C@H](N[C@H](CO)c1ccccc1)[C@@H]1[C@@H](C(=O)N2CCOCC2)[C@@H]1c1ccccc1. The van der Waals surface area contributed by atoms with Gasteiger partial charge in [0.25, 0.3) is 0 Å². The van der Waals surface area contributed by atoms with E-state index < -0.39 is 6.04 Å². The molecule has 5 atom stereocenters. The van der Waals surface area contributed by atoms with E-state index in [-0.39, 0.29) is 36.3 Å². The smallest absolute Gasteiger partial charge is 0.226 e. The molecule has 4 rings (SSSR count). The maximum atomic E-state index is 13.3. The first-order valence-electron chi connectivity index (χ1n) is 10.5. The highest BCUT2D eigenvalue weighted by Gasteiger charge is 2.60. The van der Waals surface area contributed by atoms with Crippen LogP contribution in [0.25, 0.3) is 0 Å². The summed E-state index contributed by atoms with van der Waals surface area (Å²) in [7, 11) is 0. The van der Waals surface area contributed by atoms with Gasteiger partial charge < -0.3 is 14.7 Å². The Morgan fingerprint density at radius 2 is 1.77 bits per heavy atom. The van der Waals surface area contributed by atoms with Crippen LogP contribution in [0.4, 0.5) is 0 Å². The number of ether oxygens (including phenoxy) is 1. The quantitative estimate of drug-likeness (QED) is 0.737. The summed E-state index contributed by atoms with van der Waals surface area (Å²) in [5.41, 5.74) is 2.00. The molecule has 30 heavy (non-hydrogen) atoms. The van der Waals surface area contributed by atoms with E-state index in [1.807, 2.05) is 65.6 Å². The fourth-order valence-electron chi connectivity index (χ4n) is 4.56. The lowest BCUT2D eigenvalue weighted by Gasteiger charge is -2.27. The van der Waals surface area contributed by atoms with E-state index in [1.54, 1.807) is 0 Å². The van der Waals surface area contributed by atoms with Crippen molar-refractivity contribution in [2.24, 2.45) is 11.8 Å². The third-order valence-corrected chi connectivity index (χ3v) is 6.16. The average Bonchev–Trinajstić information content (AvgIpc) is 3.56. The summed E-state index contributed by atoms with van der Waals surface area (Å²) in [4.78, 5) is 15.1. The van der Waals surface area contributed by atoms with Crippen molar-refractivity contribution < 1.29 is 14.6 Å². The van der Waals surface area contributed by atoms with Crippen LogP contribution in [0.2, 0.25) is 0 Å². The van der Waals surface area contributed by atoms with Gasteiger partial charge in [0.1, 0.15) is 6.04 Å². The van der Waals surface area contributed by atoms with E-state index in [0.717, 1.165) is 11.1 Å². The minimum atomic E-state index is -0.539. The molecule has 1 saturated carbocycles. The van der Waals surface area contributed by atoms with Crippen LogP contribution in [0.15, 0.2) is 60.7 Å². The summed E-state index contributed by atoms with van der Waals surface area (Å²) in [6.07, 6.45) is 0. The summed E-state index contributed by atoms with van der Waals surface area (Å²) in [5, 5.41) is 23.2. The van der Waals surface area contributed by atoms with Crippen molar-refractivity contribution in [2.75, 3.05) is 32.9 Å². The van der Waals surface area contributed by atoms with Crippen molar-refractivity contribution in [3.05, 3.63) is 71.8 Å². The number of hydrogen-bond acceptors (Lipinski definition) is 5. The van der Waals surface area contributed by atoms with Gasteiger partial charge in [0, 0.05) is 24.9 Å². The third-order valence-electron chi connectivity index (χ3n) is 6.16. The fourth-order valence-corrected chi connectivity index (χ4v) is 4.56. The molecule has 1 aliphatic carbocycles. The highest BCUT2D eigenvalue weighted by molar-refractivity contribution is 5.84. The van der Waals surface area contributed by atoms with E-state index >= 15 is 0 Å². The number of nitrogens with one attached hydrogen (secondary N) is 1. The molecular formula is C24H27N3O3. The molecule has 1 aliphatic heterocycles. The molecule has 1 heterocycles. The summed E-state index contributed by atoms with van der Waals surface area (Å²) in [5.74, 6) is -0.281. The van der Waals surface area contributed by atoms with Gasteiger partial charge in [0.15, 0.2) is 0 Å². The predicted octanol–water partition coefficient (Wildman–Crippen LogP) is 2.09. The predicted molar refractivity (Wildman–Crippen MR) is 112 cm³/mol. The first-order chi connectivity index (χ1) is 14.7. The van der Waals surface area contributed by atoms with Crippen LogP contribution in [-0.2, 0) is 9.53 Å². The molecule has 0 spiro atoms. The number of benzene rings is 2. The first kappa shape index (κ1) is 20.5. The molecule has 0 unspecified atom stereocenters. The number of amides is 1. The van der Waals surface area contributed by atoms with Gasteiger partial charge in [-0.2, -0.15) is 5.26 Å². The Morgan fingerprint density at radius 3 is 2.37 bits per heavy atom.